The van der Waals surface area contributed by atoms with Crippen LogP contribution in [0.4, 0.5) is 22.0 Å². The van der Waals surface area contributed by atoms with Crippen LogP contribution in [0.5, 0.6) is 0 Å². The Hall–Kier alpha value is -1.90. The molecule has 2 saturated heterocycles. The van der Waals surface area contributed by atoms with Crippen molar-refractivity contribution in [3.8, 4) is 0 Å². The molecule has 0 aliphatic carbocycles. The van der Waals surface area contributed by atoms with Crippen molar-refractivity contribution >= 4 is 5.91 Å². The Labute approximate surface area is 212 Å². The van der Waals surface area contributed by atoms with Gasteiger partial charge in [0.25, 0.3) is 5.91 Å². The number of hydrogen-bond acceptors (Lipinski definition) is 7. The highest BCUT2D eigenvalue weighted by atomic mass is 19.3. The zero-order valence-electron chi connectivity index (χ0n) is 20.5. The first-order valence-corrected chi connectivity index (χ1v) is 12.2. The van der Waals surface area contributed by atoms with Gasteiger partial charge >= 0.3 is 12.3 Å². The number of benzene rings is 1. The number of nitrogens with zero attached hydrogens (tertiary/aromatic N) is 3. The van der Waals surface area contributed by atoms with E-state index < -0.39 is 43.6 Å². The van der Waals surface area contributed by atoms with E-state index in [0.29, 0.717) is 46.0 Å². The molecule has 2 aliphatic heterocycles. The van der Waals surface area contributed by atoms with Crippen LogP contribution in [0, 0.1) is 5.82 Å². The Morgan fingerprint density at radius 1 is 1.19 bits per heavy atom. The van der Waals surface area contributed by atoms with Crippen LogP contribution in [0.25, 0.3) is 0 Å². The number of amides is 1. The van der Waals surface area contributed by atoms with Crippen LogP contribution >= 0.6 is 0 Å². The van der Waals surface area contributed by atoms with Gasteiger partial charge in [-0.15, -0.1) is 0 Å². The first-order chi connectivity index (χ1) is 17.6. The molecule has 37 heavy (non-hydrogen) atoms. The number of ether oxygens (including phenoxy) is 3. The van der Waals surface area contributed by atoms with Gasteiger partial charge in [0.05, 0.1) is 38.6 Å². The fraction of sp³-hybridized carbons (Fsp3) is 0.708. The topological polar surface area (TPSA) is 74.7 Å². The van der Waals surface area contributed by atoms with Crippen molar-refractivity contribution in [1.29, 1.82) is 0 Å². The summed E-state index contributed by atoms with van der Waals surface area (Å²) in [6, 6.07) is 5.48. The minimum atomic E-state index is -4.28. The van der Waals surface area contributed by atoms with Crippen molar-refractivity contribution in [2.45, 2.75) is 24.6 Å². The van der Waals surface area contributed by atoms with Gasteiger partial charge in [0.1, 0.15) is 12.4 Å². The van der Waals surface area contributed by atoms with Crippen molar-refractivity contribution in [2.24, 2.45) is 0 Å². The Balaban J connectivity index is 1.54. The lowest BCUT2D eigenvalue weighted by Crippen LogP contribution is -2.52. The molecule has 0 spiro atoms. The van der Waals surface area contributed by atoms with Crippen molar-refractivity contribution in [2.75, 3.05) is 85.4 Å². The molecule has 0 aromatic heterocycles. The fourth-order valence-electron chi connectivity index (χ4n) is 4.21. The molecule has 2 heterocycles. The number of halogens is 5. The zero-order valence-corrected chi connectivity index (χ0v) is 20.5. The molecule has 210 valence electrons. The van der Waals surface area contributed by atoms with E-state index in [4.69, 9.17) is 9.47 Å². The summed E-state index contributed by atoms with van der Waals surface area (Å²) in [4.78, 5) is 18.9. The molecule has 1 amide bonds. The lowest BCUT2D eigenvalue weighted by atomic mass is 10.1. The Morgan fingerprint density at radius 2 is 1.92 bits per heavy atom. The maximum Gasteiger partial charge on any atom is 0.330 e. The maximum atomic E-state index is 13.8. The standard InChI is InChI=1S/C24H34F5N3O5/c25-19-3-1-2-18(12-19)22(34)32(5-4-30-6-9-35-10-7-30)15-21-14-31(8-11-37-21)13-20(33)16-36-17-24(28,29)23(26)27/h1-3,12,20-21,23,33H,4-11,13-17H2. The highest BCUT2D eigenvalue weighted by Crippen LogP contribution is 2.23. The molecule has 1 aromatic carbocycles. The van der Waals surface area contributed by atoms with Crippen molar-refractivity contribution in [3.05, 3.63) is 35.6 Å². The third kappa shape index (κ3) is 9.73. The van der Waals surface area contributed by atoms with Crippen LogP contribution in [0.3, 0.4) is 0 Å². The van der Waals surface area contributed by atoms with E-state index >= 15 is 0 Å². The molecule has 2 atom stereocenters. The molecule has 0 bridgehead atoms. The third-order valence-corrected chi connectivity index (χ3v) is 6.19. The molecular weight excluding hydrogens is 505 g/mol. The molecule has 1 aromatic rings. The number of rotatable bonds is 13. The molecule has 8 nitrogen and oxygen atoms in total. The normalized spacial score (nSPS) is 20.8. The van der Waals surface area contributed by atoms with Crippen LogP contribution in [-0.4, -0.2) is 136 Å². The molecule has 2 unspecified atom stereocenters. The Morgan fingerprint density at radius 3 is 2.62 bits per heavy atom. The summed E-state index contributed by atoms with van der Waals surface area (Å²) in [7, 11) is 0. The van der Waals surface area contributed by atoms with E-state index in [1.54, 1.807) is 11.0 Å². The first-order valence-electron chi connectivity index (χ1n) is 12.2. The zero-order chi connectivity index (χ0) is 26.8. The van der Waals surface area contributed by atoms with Gasteiger partial charge in [-0.3, -0.25) is 14.6 Å². The molecule has 13 heteroatoms. The number of carbonyl (C=O) groups is 1. The lowest BCUT2D eigenvalue weighted by Gasteiger charge is -2.37. The van der Waals surface area contributed by atoms with Crippen LogP contribution in [0.2, 0.25) is 0 Å². The molecule has 2 fully saturated rings. The van der Waals surface area contributed by atoms with Gasteiger partial charge in [-0.05, 0) is 18.2 Å². The smallest absolute Gasteiger partial charge is 0.330 e. The number of β-amino-alcohol motifs (C(OH)–C–C–N with tert-alkyl or cyclic N) is 1. The van der Waals surface area contributed by atoms with Crippen molar-refractivity contribution in [3.63, 3.8) is 0 Å². The third-order valence-electron chi connectivity index (χ3n) is 6.19. The van der Waals surface area contributed by atoms with Gasteiger partial charge in [-0.2, -0.15) is 8.78 Å². The molecule has 3 rings (SSSR count). The second kappa shape index (κ2) is 14.3. The summed E-state index contributed by atoms with van der Waals surface area (Å²) in [6.07, 6.45) is -5.42. The van der Waals surface area contributed by atoms with Crippen molar-refractivity contribution < 1.29 is 46.1 Å². The molecule has 0 radical (unpaired) electrons. The molecule has 0 saturated carbocycles. The second-order valence-electron chi connectivity index (χ2n) is 9.20. The predicted molar refractivity (Wildman–Crippen MR) is 124 cm³/mol. The van der Waals surface area contributed by atoms with E-state index in [1.807, 2.05) is 4.90 Å². The summed E-state index contributed by atoms with van der Waals surface area (Å²) >= 11 is 0. The van der Waals surface area contributed by atoms with E-state index in [9.17, 15) is 31.9 Å². The van der Waals surface area contributed by atoms with E-state index in [0.717, 1.165) is 13.1 Å². The van der Waals surface area contributed by atoms with Crippen LogP contribution in [0.15, 0.2) is 24.3 Å². The average molecular weight is 540 g/mol. The van der Waals surface area contributed by atoms with Gasteiger partial charge in [-0.25, -0.2) is 13.2 Å². The number of alkyl halides is 4. The van der Waals surface area contributed by atoms with Gasteiger partial charge in [0, 0.05) is 57.9 Å². The van der Waals surface area contributed by atoms with E-state index in [2.05, 4.69) is 9.64 Å². The summed E-state index contributed by atoms with van der Waals surface area (Å²) < 4.78 is 80.0. The molecular formula is C24H34F5N3O5. The molecule has 2 aliphatic rings. The largest absolute Gasteiger partial charge is 0.389 e. The summed E-state index contributed by atoms with van der Waals surface area (Å²) in [5.74, 6) is -5.12. The highest BCUT2D eigenvalue weighted by Gasteiger charge is 2.41. The van der Waals surface area contributed by atoms with Gasteiger partial charge in [-0.1, -0.05) is 6.07 Å². The summed E-state index contributed by atoms with van der Waals surface area (Å²) in [5, 5.41) is 10.1. The Kier molecular flexibility index (Phi) is 11.5. The quantitative estimate of drug-likeness (QED) is 0.382. The van der Waals surface area contributed by atoms with Gasteiger partial charge in [0.2, 0.25) is 0 Å². The second-order valence-corrected chi connectivity index (χ2v) is 9.20. The minimum Gasteiger partial charge on any atom is -0.389 e. The predicted octanol–water partition coefficient (Wildman–Crippen LogP) is 1.58. The summed E-state index contributed by atoms with van der Waals surface area (Å²) in [6.45, 7) is 3.13. The fourth-order valence-corrected chi connectivity index (χ4v) is 4.21. The lowest BCUT2D eigenvalue weighted by molar-refractivity contribution is -0.171. The van der Waals surface area contributed by atoms with Gasteiger partial charge < -0.3 is 24.2 Å². The van der Waals surface area contributed by atoms with E-state index in [1.165, 1.54) is 18.2 Å². The van der Waals surface area contributed by atoms with Crippen LogP contribution < -0.4 is 0 Å². The van der Waals surface area contributed by atoms with E-state index in [-0.39, 0.29) is 24.6 Å². The first kappa shape index (κ1) is 29.7. The number of aliphatic hydroxyl groups is 1. The SMILES string of the molecule is O=C(c1cccc(F)c1)N(CCN1CCOCC1)CC1CN(CC(O)COCC(F)(F)C(F)F)CCO1. The number of morpholine rings is 2. The highest BCUT2D eigenvalue weighted by molar-refractivity contribution is 5.94. The van der Waals surface area contributed by atoms with Crippen LogP contribution in [-0.2, 0) is 14.2 Å². The minimum absolute atomic E-state index is 0.0612. The molecule has 1 N–H and O–H groups in total. The summed E-state index contributed by atoms with van der Waals surface area (Å²) in [5.41, 5.74) is 0.225. The Bertz CT molecular complexity index is 847. The van der Waals surface area contributed by atoms with Crippen molar-refractivity contribution in [1.82, 2.24) is 14.7 Å². The average Bonchev–Trinajstić information content (AvgIpc) is 2.86. The number of aliphatic hydroxyl groups excluding tert-OH is 1. The number of hydrogen-bond donors (Lipinski definition) is 1. The van der Waals surface area contributed by atoms with Crippen LogP contribution in [0.1, 0.15) is 10.4 Å². The maximum absolute atomic E-state index is 13.8. The van der Waals surface area contributed by atoms with Gasteiger partial charge in [0.15, 0.2) is 0 Å². The monoisotopic (exact) mass is 539 g/mol. The number of carbonyl (C=O) groups excluding carboxylic acids is 1.